The van der Waals surface area contributed by atoms with Crippen molar-refractivity contribution in [1.29, 1.82) is 0 Å². The fourth-order valence-electron chi connectivity index (χ4n) is 1.92. The van der Waals surface area contributed by atoms with Crippen LogP contribution in [0.4, 0.5) is 5.69 Å². The molecule has 19 heavy (non-hydrogen) atoms. The van der Waals surface area contributed by atoms with Gasteiger partial charge in [-0.15, -0.1) is 0 Å². The molecule has 0 saturated carbocycles. The van der Waals surface area contributed by atoms with Crippen LogP contribution in [0.15, 0.2) is 36.7 Å². The van der Waals surface area contributed by atoms with Crippen molar-refractivity contribution < 1.29 is 0 Å². The normalized spacial score (nSPS) is 11.0. The molecule has 0 aliphatic heterocycles. The summed E-state index contributed by atoms with van der Waals surface area (Å²) in [4.78, 5) is 4.28. The highest BCUT2D eigenvalue weighted by molar-refractivity contribution is 6.30. The second-order valence-corrected chi connectivity index (χ2v) is 5.35. The Hall–Kier alpha value is -1.52. The van der Waals surface area contributed by atoms with E-state index in [0.717, 1.165) is 13.2 Å². The van der Waals surface area contributed by atoms with Crippen molar-refractivity contribution in [2.24, 2.45) is 0 Å². The van der Waals surface area contributed by atoms with Crippen LogP contribution in [0.3, 0.4) is 0 Å². The molecule has 2 rings (SSSR count). The minimum absolute atomic E-state index is 0.670. The quantitative estimate of drug-likeness (QED) is 0.840. The number of aromatic nitrogens is 2. The number of nitrogens with zero attached hydrogens (tertiary/aromatic N) is 4. The fourth-order valence-corrected chi connectivity index (χ4v) is 2.08. The molecule has 0 amide bonds. The predicted molar refractivity (Wildman–Crippen MR) is 79.5 cm³/mol. The Morgan fingerprint density at radius 3 is 2.37 bits per heavy atom. The van der Waals surface area contributed by atoms with Crippen LogP contribution in [0.2, 0.25) is 5.02 Å². The van der Waals surface area contributed by atoms with Crippen LogP contribution in [-0.4, -0.2) is 35.8 Å². The first-order valence-corrected chi connectivity index (χ1v) is 6.55. The van der Waals surface area contributed by atoms with Gasteiger partial charge in [-0.25, -0.2) is 0 Å². The number of anilines is 1. The molecule has 1 aromatic carbocycles. The lowest BCUT2D eigenvalue weighted by Gasteiger charge is -2.18. The van der Waals surface area contributed by atoms with Gasteiger partial charge in [0.1, 0.15) is 0 Å². The zero-order valence-electron chi connectivity index (χ0n) is 11.5. The summed E-state index contributed by atoms with van der Waals surface area (Å²) in [5.41, 5.74) is 2.50. The van der Waals surface area contributed by atoms with Crippen LogP contribution < -0.4 is 4.90 Å². The van der Waals surface area contributed by atoms with Crippen LogP contribution >= 0.6 is 11.6 Å². The molecule has 0 fully saturated rings. The van der Waals surface area contributed by atoms with Crippen LogP contribution in [0.5, 0.6) is 0 Å². The largest absolute Gasteiger partial charge is 0.378 e. The number of hydrogen-bond donors (Lipinski definition) is 0. The minimum atomic E-state index is 0.670. The Kier molecular flexibility index (Phi) is 4.45. The van der Waals surface area contributed by atoms with Crippen molar-refractivity contribution in [2.45, 2.75) is 13.2 Å². The Morgan fingerprint density at radius 1 is 1.16 bits per heavy atom. The molecule has 0 atom stereocenters. The molecule has 2 aromatic rings. The molecule has 0 N–H and O–H groups in total. The van der Waals surface area contributed by atoms with Crippen molar-refractivity contribution in [3.8, 4) is 0 Å². The molecular weight excluding hydrogens is 260 g/mol. The van der Waals surface area contributed by atoms with E-state index >= 15 is 0 Å². The van der Waals surface area contributed by atoms with E-state index in [1.165, 1.54) is 11.3 Å². The predicted octanol–water partition coefficient (Wildman–Crippen LogP) is 2.69. The van der Waals surface area contributed by atoms with E-state index in [4.69, 9.17) is 11.6 Å². The number of hydrogen-bond acceptors (Lipinski definition) is 3. The van der Waals surface area contributed by atoms with Gasteiger partial charge in [0.2, 0.25) is 0 Å². The van der Waals surface area contributed by atoms with Crippen molar-refractivity contribution in [1.82, 2.24) is 14.7 Å². The average molecular weight is 279 g/mol. The lowest BCUT2D eigenvalue weighted by Crippen LogP contribution is -2.21. The van der Waals surface area contributed by atoms with Gasteiger partial charge in [0.15, 0.2) is 0 Å². The summed E-state index contributed by atoms with van der Waals surface area (Å²) in [6.07, 6.45) is 3.48. The third-order valence-corrected chi connectivity index (χ3v) is 3.09. The summed E-state index contributed by atoms with van der Waals surface area (Å²) in [7, 11) is 6.15. The molecule has 0 aliphatic carbocycles. The Labute approximate surface area is 119 Å². The Balaban J connectivity index is 1.93. The summed E-state index contributed by atoms with van der Waals surface area (Å²) in [6.45, 7) is 1.60. The minimum Gasteiger partial charge on any atom is -0.378 e. The van der Waals surface area contributed by atoms with E-state index in [0.29, 0.717) is 5.02 Å². The number of halogens is 1. The van der Waals surface area contributed by atoms with Gasteiger partial charge >= 0.3 is 0 Å². The molecule has 0 spiro atoms. The monoisotopic (exact) mass is 278 g/mol. The highest BCUT2D eigenvalue weighted by Crippen LogP contribution is 2.13. The van der Waals surface area contributed by atoms with E-state index in [-0.39, 0.29) is 0 Å². The molecule has 0 bridgehead atoms. The first-order chi connectivity index (χ1) is 9.04. The lowest BCUT2D eigenvalue weighted by molar-refractivity contribution is 0.246. The number of rotatable bonds is 5. The fraction of sp³-hybridized carbons (Fsp3) is 0.357. The zero-order chi connectivity index (χ0) is 13.8. The van der Waals surface area contributed by atoms with E-state index in [1.807, 2.05) is 25.0 Å². The molecule has 1 heterocycles. The first-order valence-electron chi connectivity index (χ1n) is 6.17. The molecule has 4 nitrogen and oxygen atoms in total. The van der Waals surface area contributed by atoms with E-state index in [2.05, 4.69) is 46.2 Å². The van der Waals surface area contributed by atoms with Gasteiger partial charge in [0.25, 0.3) is 0 Å². The van der Waals surface area contributed by atoms with Gasteiger partial charge in [0.05, 0.1) is 17.9 Å². The van der Waals surface area contributed by atoms with Gasteiger partial charge in [-0.05, 0) is 24.7 Å². The van der Waals surface area contributed by atoms with Gasteiger partial charge in [-0.3, -0.25) is 9.58 Å². The lowest BCUT2D eigenvalue weighted by atomic mass is 10.2. The summed E-state index contributed by atoms with van der Waals surface area (Å²) < 4.78 is 1.83. The second-order valence-electron chi connectivity index (χ2n) is 4.91. The standard InChI is InChI=1S/C14H19ClN4/c1-17(2)14-6-4-12(5-7-14)9-18(3)11-19-10-13(15)8-16-19/h4-8,10H,9,11H2,1-3H3. The molecule has 0 radical (unpaired) electrons. The highest BCUT2D eigenvalue weighted by Gasteiger charge is 2.03. The third-order valence-electron chi connectivity index (χ3n) is 2.89. The SMILES string of the molecule is CN(Cc1ccc(N(C)C)cc1)Cn1cc(Cl)cn1. The summed E-state index contributed by atoms with van der Waals surface area (Å²) in [5.74, 6) is 0. The Bertz CT molecular complexity index is 518. The first kappa shape index (κ1) is 13.9. The topological polar surface area (TPSA) is 24.3 Å². The van der Waals surface area contributed by atoms with Crippen molar-refractivity contribution in [2.75, 3.05) is 26.0 Å². The summed E-state index contributed by atoms with van der Waals surface area (Å²) >= 11 is 5.84. The van der Waals surface area contributed by atoms with Crippen LogP contribution in [0, 0.1) is 0 Å². The van der Waals surface area contributed by atoms with Crippen molar-refractivity contribution in [3.05, 3.63) is 47.2 Å². The van der Waals surface area contributed by atoms with E-state index < -0.39 is 0 Å². The van der Waals surface area contributed by atoms with E-state index in [1.54, 1.807) is 6.20 Å². The van der Waals surface area contributed by atoms with Gasteiger partial charge < -0.3 is 4.90 Å². The number of benzene rings is 1. The van der Waals surface area contributed by atoms with Gasteiger partial charge in [-0.1, -0.05) is 23.7 Å². The maximum atomic E-state index is 5.84. The van der Waals surface area contributed by atoms with Gasteiger partial charge in [0, 0.05) is 32.5 Å². The Morgan fingerprint density at radius 2 is 1.84 bits per heavy atom. The van der Waals surface area contributed by atoms with Crippen molar-refractivity contribution >= 4 is 17.3 Å². The second kappa shape index (κ2) is 6.08. The third kappa shape index (κ3) is 3.98. The van der Waals surface area contributed by atoms with Crippen LogP contribution in [0.1, 0.15) is 5.56 Å². The molecule has 102 valence electrons. The molecule has 1 aromatic heterocycles. The zero-order valence-corrected chi connectivity index (χ0v) is 12.3. The molecule has 5 heteroatoms. The highest BCUT2D eigenvalue weighted by atomic mass is 35.5. The maximum Gasteiger partial charge on any atom is 0.0929 e. The van der Waals surface area contributed by atoms with Gasteiger partial charge in [-0.2, -0.15) is 5.10 Å². The smallest absolute Gasteiger partial charge is 0.0929 e. The average Bonchev–Trinajstić information content (AvgIpc) is 2.75. The molecule has 0 aliphatic rings. The van der Waals surface area contributed by atoms with Crippen LogP contribution in [0.25, 0.3) is 0 Å². The molecule has 0 saturated heterocycles. The maximum absolute atomic E-state index is 5.84. The molecular formula is C14H19ClN4. The summed E-state index contributed by atoms with van der Waals surface area (Å²) in [6, 6.07) is 8.58. The van der Waals surface area contributed by atoms with Crippen molar-refractivity contribution in [3.63, 3.8) is 0 Å². The van der Waals surface area contributed by atoms with E-state index in [9.17, 15) is 0 Å². The molecule has 0 unspecified atom stereocenters. The summed E-state index contributed by atoms with van der Waals surface area (Å²) in [5, 5.41) is 4.84. The van der Waals surface area contributed by atoms with Crippen LogP contribution in [-0.2, 0) is 13.2 Å².